The molecule has 0 saturated heterocycles. The third kappa shape index (κ3) is 3.24. The molecule has 1 heterocycles. The van der Waals surface area contributed by atoms with E-state index in [1.165, 1.54) is 17.4 Å². The highest BCUT2D eigenvalue weighted by Crippen LogP contribution is 2.15. The zero-order chi connectivity index (χ0) is 13.0. The Balaban J connectivity index is 2.24. The maximum atomic E-state index is 11.0. The molecule has 0 bridgehead atoms. The fourth-order valence-electron chi connectivity index (χ4n) is 1.59. The van der Waals surface area contributed by atoms with E-state index >= 15 is 0 Å². The predicted octanol–water partition coefficient (Wildman–Crippen LogP) is 3.31. The average Bonchev–Trinajstić information content (AvgIpc) is 2.75. The van der Waals surface area contributed by atoms with E-state index in [1.54, 1.807) is 0 Å². The van der Waals surface area contributed by atoms with Gasteiger partial charge in [0.1, 0.15) is 0 Å². The van der Waals surface area contributed by atoms with Gasteiger partial charge in [-0.05, 0) is 12.5 Å². The van der Waals surface area contributed by atoms with Gasteiger partial charge in [-0.15, -0.1) is 11.3 Å². The van der Waals surface area contributed by atoms with Crippen molar-refractivity contribution in [2.24, 2.45) is 0 Å². The lowest BCUT2D eigenvalue weighted by atomic mass is 10.1. The number of nitrogens with zero attached hydrogens (tertiary/aromatic N) is 2. The third-order valence-electron chi connectivity index (χ3n) is 2.41. The number of rotatable bonds is 4. The van der Waals surface area contributed by atoms with Gasteiger partial charge in [0, 0.05) is 11.5 Å². The first-order valence-electron chi connectivity index (χ1n) is 5.46. The fourth-order valence-corrected chi connectivity index (χ4v) is 2.16. The molecule has 0 aliphatic rings. The van der Waals surface area contributed by atoms with Crippen molar-refractivity contribution < 1.29 is 4.92 Å². The smallest absolute Gasteiger partial charge is 0.252 e. The van der Waals surface area contributed by atoms with Crippen LogP contribution in [0.15, 0.2) is 41.4 Å². The van der Waals surface area contributed by atoms with Gasteiger partial charge in [0.15, 0.2) is 0 Å². The maximum absolute atomic E-state index is 11.0. The van der Waals surface area contributed by atoms with Crippen molar-refractivity contribution in [3.05, 3.63) is 67.8 Å². The monoisotopic (exact) mass is 260 g/mol. The molecule has 0 radical (unpaired) electrons. The molecule has 92 valence electrons. The number of nitro groups is 1. The fraction of sp³-hybridized carbons (Fsp3) is 0.154. The Labute approximate surface area is 109 Å². The summed E-state index contributed by atoms with van der Waals surface area (Å²) in [6.07, 6.45) is 1.85. The van der Waals surface area contributed by atoms with Crippen LogP contribution in [0.2, 0.25) is 0 Å². The Kier molecular flexibility index (Phi) is 3.84. The summed E-state index contributed by atoms with van der Waals surface area (Å²) in [5.74, 6) is 0. The predicted molar refractivity (Wildman–Crippen MR) is 72.0 cm³/mol. The second kappa shape index (κ2) is 5.55. The number of hydrogen-bond donors (Lipinski definition) is 0. The van der Waals surface area contributed by atoms with Crippen LogP contribution in [0.3, 0.4) is 0 Å². The van der Waals surface area contributed by atoms with E-state index in [1.807, 2.05) is 42.6 Å². The Morgan fingerprint density at radius 3 is 2.72 bits per heavy atom. The van der Waals surface area contributed by atoms with Crippen molar-refractivity contribution >= 4 is 17.4 Å². The van der Waals surface area contributed by atoms with Crippen molar-refractivity contribution in [2.75, 3.05) is 0 Å². The summed E-state index contributed by atoms with van der Waals surface area (Å²) in [6.45, 7) is 1.88. The molecular weight excluding hydrogens is 248 g/mol. The third-order valence-corrected chi connectivity index (χ3v) is 3.21. The molecule has 0 aliphatic carbocycles. The summed E-state index contributed by atoms with van der Waals surface area (Å²) in [7, 11) is 0. The molecule has 0 aliphatic heterocycles. The van der Waals surface area contributed by atoms with E-state index in [9.17, 15) is 10.1 Å². The van der Waals surface area contributed by atoms with Crippen molar-refractivity contribution in [1.82, 2.24) is 4.98 Å². The normalized spacial score (nSPS) is 11.5. The first kappa shape index (κ1) is 12.4. The van der Waals surface area contributed by atoms with E-state index < -0.39 is 0 Å². The molecule has 0 spiro atoms. The van der Waals surface area contributed by atoms with E-state index in [2.05, 4.69) is 4.98 Å². The molecule has 5 heteroatoms. The molecule has 1 aromatic heterocycles. The van der Waals surface area contributed by atoms with Gasteiger partial charge in [0.25, 0.3) is 5.70 Å². The second-order valence-corrected chi connectivity index (χ2v) is 4.91. The summed E-state index contributed by atoms with van der Waals surface area (Å²) < 4.78 is 0. The van der Waals surface area contributed by atoms with Crippen molar-refractivity contribution in [2.45, 2.75) is 13.3 Å². The molecule has 1 aromatic carbocycles. The largest absolute Gasteiger partial charge is 0.259 e. The average molecular weight is 260 g/mol. The first-order valence-corrected chi connectivity index (χ1v) is 6.34. The zero-order valence-electron chi connectivity index (χ0n) is 9.87. The molecule has 2 aromatic rings. The lowest BCUT2D eigenvalue weighted by Gasteiger charge is -1.98. The first-order chi connectivity index (χ1) is 8.65. The van der Waals surface area contributed by atoms with Crippen LogP contribution in [-0.4, -0.2) is 9.91 Å². The highest BCUT2D eigenvalue weighted by Gasteiger charge is 2.12. The minimum atomic E-state index is -0.346. The molecule has 0 N–H and O–H groups in total. The van der Waals surface area contributed by atoms with Gasteiger partial charge in [0.2, 0.25) is 0 Å². The zero-order valence-corrected chi connectivity index (χ0v) is 10.7. The van der Waals surface area contributed by atoms with E-state index in [0.29, 0.717) is 12.1 Å². The molecule has 0 unspecified atom stereocenters. The lowest BCUT2D eigenvalue weighted by Crippen LogP contribution is -2.02. The van der Waals surface area contributed by atoms with Crippen LogP contribution >= 0.6 is 11.3 Å². The molecule has 0 saturated carbocycles. The number of benzene rings is 1. The van der Waals surface area contributed by atoms with Crippen LogP contribution in [0.25, 0.3) is 6.08 Å². The van der Waals surface area contributed by atoms with Crippen LogP contribution in [0.5, 0.6) is 0 Å². The number of allylic oxidation sites excluding steroid dienone is 1. The van der Waals surface area contributed by atoms with Crippen LogP contribution in [0, 0.1) is 17.0 Å². The quantitative estimate of drug-likeness (QED) is 0.626. The standard InChI is InChI=1S/C13H12N2O2S/c1-10-14-12(9-18-10)8-13(15(16)17)7-11-5-3-2-4-6-11/h2-6,8-9H,7H2,1H3/b13-8-. The Morgan fingerprint density at radius 1 is 1.44 bits per heavy atom. The van der Waals surface area contributed by atoms with Gasteiger partial charge in [-0.3, -0.25) is 10.1 Å². The summed E-state index contributed by atoms with van der Waals surface area (Å²) >= 11 is 1.49. The van der Waals surface area contributed by atoms with Crippen molar-refractivity contribution in [3.8, 4) is 0 Å². The molecule has 2 rings (SSSR count). The van der Waals surface area contributed by atoms with Crippen LogP contribution < -0.4 is 0 Å². The van der Waals surface area contributed by atoms with Crippen molar-refractivity contribution in [1.29, 1.82) is 0 Å². The Bertz CT molecular complexity index is 576. The molecule has 0 fully saturated rings. The summed E-state index contributed by atoms with van der Waals surface area (Å²) in [4.78, 5) is 14.9. The second-order valence-electron chi connectivity index (χ2n) is 3.85. The minimum absolute atomic E-state index is 0.159. The minimum Gasteiger partial charge on any atom is -0.259 e. The molecule has 0 amide bonds. The van der Waals surface area contributed by atoms with Gasteiger partial charge >= 0.3 is 0 Å². The number of aromatic nitrogens is 1. The Morgan fingerprint density at radius 2 is 2.17 bits per heavy atom. The maximum Gasteiger partial charge on any atom is 0.252 e. The van der Waals surface area contributed by atoms with E-state index in [4.69, 9.17) is 0 Å². The molecule has 4 nitrogen and oxygen atoms in total. The number of thiazole rings is 1. The summed E-state index contributed by atoms with van der Waals surface area (Å²) in [6, 6.07) is 9.40. The van der Waals surface area contributed by atoms with Gasteiger partial charge < -0.3 is 0 Å². The van der Waals surface area contributed by atoms with Crippen LogP contribution in [-0.2, 0) is 6.42 Å². The molecule has 18 heavy (non-hydrogen) atoms. The Hall–Kier alpha value is -2.01. The van der Waals surface area contributed by atoms with E-state index in [0.717, 1.165) is 10.6 Å². The van der Waals surface area contributed by atoms with E-state index in [-0.39, 0.29) is 10.6 Å². The van der Waals surface area contributed by atoms with Gasteiger partial charge in [0.05, 0.1) is 22.0 Å². The SMILES string of the molecule is Cc1nc(/C=C(/Cc2ccccc2)[N+](=O)[O-])cs1. The molecular formula is C13H12N2O2S. The number of aryl methyl sites for hydroxylation is 1. The highest BCUT2D eigenvalue weighted by atomic mass is 32.1. The van der Waals surface area contributed by atoms with Gasteiger partial charge in [-0.2, -0.15) is 0 Å². The summed E-state index contributed by atoms with van der Waals surface area (Å²) in [5.41, 5.74) is 1.74. The highest BCUT2D eigenvalue weighted by molar-refractivity contribution is 7.09. The van der Waals surface area contributed by atoms with Crippen LogP contribution in [0.4, 0.5) is 0 Å². The van der Waals surface area contributed by atoms with Crippen molar-refractivity contribution in [3.63, 3.8) is 0 Å². The lowest BCUT2D eigenvalue weighted by molar-refractivity contribution is -0.425. The van der Waals surface area contributed by atoms with Gasteiger partial charge in [-0.1, -0.05) is 30.3 Å². The van der Waals surface area contributed by atoms with Gasteiger partial charge in [-0.25, -0.2) is 4.98 Å². The topological polar surface area (TPSA) is 56.0 Å². The molecule has 0 atom stereocenters. The number of hydrogen-bond acceptors (Lipinski definition) is 4. The van der Waals surface area contributed by atoms with Crippen LogP contribution in [0.1, 0.15) is 16.3 Å². The summed E-state index contributed by atoms with van der Waals surface area (Å²) in [5, 5.41) is 13.8.